The van der Waals surface area contributed by atoms with Gasteiger partial charge in [0, 0.05) is 20.7 Å². The van der Waals surface area contributed by atoms with Gasteiger partial charge in [0.15, 0.2) is 0 Å². The first kappa shape index (κ1) is 16.3. The first-order valence-electron chi connectivity index (χ1n) is 6.48. The number of rotatable bonds is 6. The summed E-state index contributed by atoms with van der Waals surface area (Å²) in [6.45, 7) is 3.21. The predicted octanol–water partition coefficient (Wildman–Crippen LogP) is 0.981. The lowest BCUT2D eigenvalue weighted by Gasteiger charge is -2.22. The topological polar surface area (TPSA) is 72.1 Å². The van der Waals surface area contributed by atoms with Crippen LogP contribution in [-0.2, 0) is 11.3 Å². The van der Waals surface area contributed by atoms with Crippen molar-refractivity contribution in [1.29, 1.82) is 0 Å². The molecule has 6 heteroatoms. The average Bonchev–Trinajstić information content (AvgIpc) is 2.45. The molecule has 0 aromatic heterocycles. The monoisotopic (exact) mass is 280 g/mol. The van der Waals surface area contributed by atoms with Crippen LogP contribution < -0.4 is 16.0 Å². The van der Waals surface area contributed by atoms with Crippen molar-refractivity contribution in [3.8, 4) is 5.75 Å². The van der Waals surface area contributed by atoms with Gasteiger partial charge in [-0.2, -0.15) is 0 Å². The van der Waals surface area contributed by atoms with E-state index in [1.54, 1.807) is 14.2 Å². The molecule has 1 atom stereocenters. The Morgan fingerprint density at radius 2 is 2.20 bits per heavy atom. The smallest absolute Gasteiger partial charge is 0.208 e. The van der Waals surface area contributed by atoms with Crippen LogP contribution >= 0.6 is 0 Å². The summed E-state index contributed by atoms with van der Waals surface area (Å²) in [4.78, 5) is 6.42. The molecule has 1 unspecified atom stereocenters. The van der Waals surface area contributed by atoms with Gasteiger partial charge in [-0.05, 0) is 24.6 Å². The van der Waals surface area contributed by atoms with Crippen LogP contribution in [0, 0.1) is 0 Å². The van der Waals surface area contributed by atoms with Gasteiger partial charge >= 0.3 is 0 Å². The largest absolute Gasteiger partial charge is 0.497 e. The third kappa shape index (κ3) is 5.07. The van der Waals surface area contributed by atoms with Crippen LogP contribution in [-0.4, -0.2) is 44.8 Å². The number of hydrogen-bond donors (Lipinski definition) is 2. The number of hydrazine groups is 1. The summed E-state index contributed by atoms with van der Waals surface area (Å²) < 4.78 is 10.3. The molecule has 0 aliphatic rings. The molecule has 20 heavy (non-hydrogen) atoms. The van der Waals surface area contributed by atoms with Gasteiger partial charge in [-0.25, -0.2) is 10.8 Å². The number of ether oxygens (including phenoxy) is 2. The van der Waals surface area contributed by atoms with Crippen LogP contribution in [0.15, 0.2) is 29.3 Å². The highest BCUT2D eigenvalue weighted by Gasteiger charge is 2.08. The molecular formula is C14H24N4O2. The Balaban J connectivity index is 2.73. The molecule has 0 heterocycles. The normalized spacial score (nSPS) is 12.9. The molecule has 6 nitrogen and oxygen atoms in total. The number of guanidine groups is 1. The fourth-order valence-corrected chi connectivity index (χ4v) is 1.85. The minimum atomic E-state index is 0.0406. The molecule has 1 aromatic carbocycles. The maximum Gasteiger partial charge on any atom is 0.208 e. The van der Waals surface area contributed by atoms with Crippen LogP contribution in [0.1, 0.15) is 12.5 Å². The molecular weight excluding hydrogens is 256 g/mol. The van der Waals surface area contributed by atoms with Gasteiger partial charge < -0.3 is 14.4 Å². The van der Waals surface area contributed by atoms with E-state index < -0.39 is 0 Å². The summed E-state index contributed by atoms with van der Waals surface area (Å²) >= 11 is 0. The summed E-state index contributed by atoms with van der Waals surface area (Å²) in [6.07, 6.45) is 0. The minimum Gasteiger partial charge on any atom is -0.497 e. The SMILES string of the molecule is COCC(C)N=C(NN)N(C)Cc1cccc(OC)c1. The van der Waals surface area contributed by atoms with Gasteiger partial charge in [-0.15, -0.1) is 0 Å². The van der Waals surface area contributed by atoms with E-state index in [-0.39, 0.29) is 6.04 Å². The number of aliphatic imine (C=N–C) groups is 1. The van der Waals surface area contributed by atoms with Crippen molar-refractivity contribution < 1.29 is 9.47 Å². The number of nitrogens with zero attached hydrogens (tertiary/aromatic N) is 2. The molecule has 0 aliphatic carbocycles. The fourth-order valence-electron chi connectivity index (χ4n) is 1.85. The number of nitrogens with one attached hydrogen (secondary N) is 1. The Bertz CT molecular complexity index is 437. The summed E-state index contributed by atoms with van der Waals surface area (Å²) in [6, 6.07) is 7.94. The van der Waals surface area contributed by atoms with Crippen molar-refractivity contribution in [2.45, 2.75) is 19.5 Å². The Kier molecular flexibility index (Phi) is 6.83. The maximum atomic E-state index is 5.54. The van der Waals surface area contributed by atoms with Crippen LogP contribution in [0.2, 0.25) is 0 Å². The number of nitrogens with two attached hydrogens (primary N) is 1. The molecule has 3 N–H and O–H groups in total. The van der Waals surface area contributed by atoms with E-state index in [4.69, 9.17) is 15.3 Å². The Hall–Kier alpha value is -1.79. The highest BCUT2D eigenvalue weighted by atomic mass is 16.5. The highest BCUT2D eigenvalue weighted by molar-refractivity contribution is 5.79. The number of methoxy groups -OCH3 is 2. The maximum absolute atomic E-state index is 5.54. The van der Waals surface area contributed by atoms with Crippen molar-refractivity contribution in [3.63, 3.8) is 0 Å². The van der Waals surface area contributed by atoms with Crippen LogP contribution in [0.4, 0.5) is 0 Å². The van der Waals surface area contributed by atoms with Crippen molar-refractivity contribution in [2.24, 2.45) is 10.8 Å². The summed E-state index contributed by atoms with van der Waals surface area (Å²) in [5.74, 6) is 7.00. The van der Waals surface area contributed by atoms with Gasteiger partial charge in [-0.1, -0.05) is 12.1 Å². The Labute approximate surface area is 120 Å². The Morgan fingerprint density at radius 1 is 1.45 bits per heavy atom. The third-order valence-electron chi connectivity index (χ3n) is 2.80. The lowest BCUT2D eigenvalue weighted by Crippen LogP contribution is -2.43. The Morgan fingerprint density at radius 3 is 2.80 bits per heavy atom. The van der Waals surface area contributed by atoms with E-state index >= 15 is 0 Å². The molecule has 1 aromatic rings. The molecule has 0 aliphatic heterocycles. The predicted molar refractivity (Wildman–Crippen MR) is 80.6 cm³/mol. The second-order valence-corrected chi connectivity index (χ2v) is 4.61. The van der Waals surface area contributed by atoms with E-state index in [1.165, 1.54) is 0 Å². The van der Waals surface area contributed by atoms with Crippen LogP contribution in [0.25, 0.3) is 0 Å². The highest BCUT2D eigenvalue weighted by Crippen LogP contribution is 2.13. The zero-order valence-corrected chi connectivity index (χ0v) is 12.6. The van der Waals surface area contributed by atoms with Crippen LogP contribution in [0.3, 0.4) is 0 Å². The number of benzene rings is 1. The first-order valence-corrected chi connectivity index (χ1v) is 6.48. The van der Waals surface area contributed by atoms with Crippen molar-refractivity contribution in [2.75, 3.05) is 27.9 Å². The molecule has 0 saturated carbocycles. The van der Waals surface area contributed by atoms with Gasteiger partial charge in [0.25, 0.3) is 0 Å². The summed E-state index contributed by atoms with van der Waals surface area (Å²) in [7, 11) is 5.24. The fraction of sp³-hybridized carbons (Fsp3) is 0.500. The van der Waals surface area contributed by atoms with Gasteiger partial charge in [-0.3, -0.25) is 5.43 Å². The summed E-state index contributed by atoms with van der Waals surface area (Å²) in [5, 5.41) is 0. The lowest BCUT2D eigenvalue weighted by molar-refractivity contribution is 0.185. The molecule has 0 saturated heterocycles. The molecule has 0 radical (unpaired) electrons. The van der Waals surface area contributed by atoms with Crippen molar-refractivity contribution in [1.82, 2.24) is 10.3 Å². The average molecular weight is 280 g/mol. The van der Waals surface area contributed by atoms with Gasteiger partial charge in [0.2, 0.25) is 5.96 Å². The molecule has 112 valence electrons. The van der Waals surface area contributed by atoms with Crippen molar-refractivity contribution >= 4 is 5.96 Å². The molecule has 0 fully saturated rings. The second-order valence-electron chi connectivity index (χ2n) is 4.61. The zero-order valence-electron chi connectivity index (χ0n) is 12.6. The van der Waals surface area contributed by atoms with E-state index in [0.29, 0.717) is 19.1 Å². The lowest BCUT2D eigenvalue weighted by atomic mass is 10.2. The zero-order chi connectivity index (χ0) is 15.0. The third-order valence-corrected chi connectivity index (χ3v) is 2.80. The standard InChI is InChI=1S/C14H24N4O2/c1-11(10-19-3)16-14(17-15)18(2)9-12-6-5-7-13(8-12)20-4/h5-8,11H,9-10,15H2,1-4H3,(H,16,17). The van der Waals surface area contributed by atoms with Crippen LogP contribution in [0.5, 0.6) is 5.75 Å². The molecule has 0 spiro atoms. The quantitative estimate of drug-likeness (QED) is 0.352. The van der Waals surface area contributed by atoms with E-state index in [0.717, 1.165) is 11.3 Å². The molecule has 0 bridgehead atoms. The second kappa shape index (κ2) is 8.39. The van der Waals surface area contributed by atoms with Gasteiger partial charge in [0.05, 0.1) is 19.8 Å². The number of hydrogen-bond acceptors (Lipinski definition) is 4. The molecule has 0 amide bonds. The van der Waals surface area contributed by atoms with E-state index in [9.17, 15) is 0 Å². The van der Waals surface area contributed by atoms with E-state index in [2.05, 4.69) is 10.4 Å². The van der Waals surface area contributed by atoms with Gasteiger partial charge in [0.1, 0.15) is 5.75 Å². The minimum absolute atomic E-state index is 0.0406. The summed E-state index contributed by atoms with van der Waals surface area (Å²) in [5.41, 5.74) is 3.75. The molecule has 1 rings (SSSR count). The van der Waals surface area contributed by atoms with E-state index in [1.807, 2.05) is 43.1 Å². The van der Waals surface area contributed by atoms with Crippen molar-refractivity contribution in [3.05, 3.63) is 29.8 Å². The first-order chi connectivity index (χ1) is 9.60.